The molecule has 2 rings (SSSR count). The smallest absolute Gasteiger partial charge is 0.274 e. The summed E-state index contributed by atoms with van der Waals surface area (Å²) >= 11 is 3.34. The number of furan rings is 1. The molecular formula is C15H15BrN2O4. The Kier molecular flexibility index (Phi) is 4.87. The van der Waals surface area contributed by atoms with Crippen molar-refractivity contribution in [3.63, 3.8) is 0 Å². The number of amides is 1. The molecule has 0 saturated carbocycles. The zero-order valence-corrected chi connectivity index (χ0v) is 13.9. The van der Waals surface area contributed by atoms with Gasteiger partial charge in [0.15, 0.2) is 11.5 Å². The average molecular weight is 367 g/mol. The number of hydrogen-bond acceptors (Lipinski definition) is 5. The minimum absolute atomic E-state index is 0.0141. The molecule has 0 atom stereocenters. The summed E-state index contributed by atoms with van der Waals surface area (Å²) < 4.78 is 11.0. The molecule has 116 valence electrons. The fraction of sp³-hybridized carbons (Fsp3) is 0.200. The minimum atomic E-state index is -0.362. The standard InChI is InChI=1S/C15H15BrN2O4/c1-8-4-11(9(2)22-8)15(20)18-17-7-10-5-13(19)14(21-3)6-12(10)16/h4-7,19H,1-3H3,(H,18,20)/b17-7-. The highest BCUT2D eigenvalue weighted by atomic mass is 79.9. The van der Waals surface area contributed by atoms with Crippen LogP contribution in [-0.4, -0.2) is 24.3 Å². The van der Waals surface area contributed by atoms with E-state index in [-0.39, 0.29) is 11.7 Å². The fourth-order valence-electron chi connectivity index (χ4n) is 1.90. The number of halogens is 1. The monoisotopic (exact) mass is 366 g/mol. The van der Waals surface area contributed by atoms with Crippen molar-refractivity contribution < 1.29 is 19.1 Å². The van der Waals surface area contributed by atoms with Crippen LogP contribution in [0.3, 0.4) is 0 Å². The van der Waals surface area contributed by atoms with E-state index in [0.717, 1.165) is 0 Å². The summed E-state index contributed by atoms with van der Waals surface area (Å²) in [7, 11) is 1.46. The predicted octanol–water partition coefficient (Wildman–Crippen LogP) is 3.14. The van der Waals surface area contributed by atoms with Crippen molar-refractivity contribution in [1.82, 2.24) is 5.43 Å². The van der Waals surface area contributed by atoms with Gasteiger partial charge in [-0.05, 0) is 48.0 Å². The number of rotatable bonds is 4. The largest absolute Gasteiger partial charge is 0.504 e. The van der Waals surface area contributed by atoms with Gasteiger partial charge in [0, 0.05) is 10.0 Å². The lowest BCUT2D eigenvalue weighted by Crippen LogP contribution is -2.17. The van der Waals surface area contributed by atoms with Crippen LogP contribution >= 0.6 is 15.9 Å². The molecule has 0 spiro atoms. The van der Waals surface area contributed by atoms with E-state index in [0.29, 0.717) is 32.9 Å². The number of aryl methyl sites for hydroxylation is 2. The van der Waals surface area contributed by atoms with Crippen molar-refractivity contribution in [2.45, 2.75) is 13.8 Å². The van der Waals surface area contributed by atoms with E-state index in [9.17, 15) is 9.90 Å². The first-order valence-electron chi connectivity index (χ1n) is 6.39. The summed E-state index contributed by atoms with van der Waals surface area (Å²) in [6.07, 6.45) is 1.42. The second-order valence-corrected chi connectivity index (χ2v) is 5.43. The molecule has 2 N–H and O–H groups in total. The van der Waals surface area contributed by atoms with Gasteiger partial charge in [-0.15, -0.1) is 0 Å². The molecule has 0 radical (unpaired) electrons. The van der Waals surface area contributed by atoms with Crippen LogP contribution in [0.1, 0.15) is 27.4 Å². The Balaban J connectivity index is 2.11. The summed E-state index contributed by atoms with van der Waals surface area (Å²) in [4.78, 5) is 12.0. The van der Waals surface area contributed by atoms with Gasteiger partial charge in [0.25, 0.3) is 5.91 Å². The van der Waals surface area contributed by atoms with Crippen LogP contribution in [0, 0.1) is 13.8 Å². The molecule has 1 heterocycles. The topological polar surface area (TPSA) is 84.1 Å². The van der Waals surface area contributed by atoms with E-state index in [1.165, 1.54) is 19.4 Å². The van der Waals surface area contributed by atoms with Crippen LogP contribution < -0.4 is 10.2 Å². The van der Waals surface area contributed by atoms with Crippen LogP contribution in [0.15, 0.2) is 32.2 Å². The molecule has 0 fully saturated rings. The summed E-state index contributed by atoms with van der Waals surface area (Å²) in [6, 6.07) is 4.74. The molecule has 0 saturated heterocycles. The van der Waals surface area contributed by atoms with Gasteiger partial charge in [-0.3, -0.25) is 4.79 Å². The molecule has 0 unspecified atom stereocenters. The maximum Gasteiger partial charge on any atom is 0.274 e. The van der Waals surface area contributed by atoms with Crippen LogP contribution in [0.4, 0.5) is 0 Å². The third-order valence-electron chi connectivity index (χ3n) is 2.95. The molecule has 0 aliphatic carbocycles. The van der Waals surface area contributed by atoms with Crippen molar-refractivity contribution in [1.29, 1.82) is 0 Å². The van der Waals surface area contributed by atoms with Gasteiger partial charge in [-0.1, -0.05) is 0 Å². The van der Waals surface area contributed by atoms with E-state index < -0.39 is 0 Å². The van der Waals surface area contributed by atoms with Crippen molar-refractivity contribution in [2.24, 2.45) is 5.10 Å². The van der Waals surface area contributed by atoms with Gasteiger partial charge in [0.1, 0.15) is 11.5 Å². The first-order valence-corrected chi connectivity index (χ1v) is 7.18. The number of carbonyl (C=O) groups is 1. The quantitative estimate of drug-likeness (QED) is 0.642. The molecule has 6 nitrogen and oxygen atoms in total. The lowest BCUT2D eigenvalue weighted by Gasteiger charge is -2.06. The average Bonchev–Trinajstić information content (AvgIpc) is 2.81. The van der Waals surface area contributed by atoms with Crippen LogP contribution in [0.5, 0.6) is 11.5 Å². The third kappa shape index (κ3) is 3.48. The van der Waals surface area contributed by atoms with E-state index in [2.05, 4.69) is 26.5 Å². The minimum Gasteiger partial charge on any atom is -0.504 e. The second kappa shape index (κ2) is 6.65. The van der Waals surface area contributed by atoms with Gasteiger partial charge in [-0.2, -0.15) is 5.10 Å². The molecule has 0 aliphatic heterocycles. The Hall–Kier alpha value is -2.28. The Morgan fingerprint density at radius 3 is 2.73 bits per heavy atom. The highest BCUT2D eigenvalue weighted by Crippen LogP contribution is 2.31. The Labute approximate surface area is 135 Å². The van der Waals surface area contributed by atoms with Gasteiger partial charge in [-0.25, -0.2) is 5.43 Å². The van der Waals surface area contributed by atoms with E-state index in [4.69, 9.17) is 9.15 Å². The van der Waals surface area contributed by atoms with E-state index in [1.807, 2.05) is 0 Å². The molecule has 2 aromatic rings. The summed E-state index contributed by atoms with van der Waals surface area (Å²) in [5.41, 5.74) is 3.45. The second-order valence-electron chi connectivity index (χ2n) is 4.57. The first kappa shape index (κ1) is 16.1. The lowest BCUT2D eigenvalue weighted by molar-refractivity contribution is 0.0953. The zero-order valence-electron chi connectivity index (χ0n) is 12.3. The number of methoxy groups -OCH3 is 1. The van der Waals surface area contributed by atoms with Gasteiger partial charge in [0.2, 0.25) is 0 Å². The molecule has 1 amide bonds. The predicted molar refractivity (Wildman–Crippen MR) is 85.6 cm³/mol. The SMILES string of the molecule is COc1cc(Br)c(/C=N\NC(=O)c2cc(C)oc2C)cc1O. The van der Waals surface area contributed by atoms with E-state index >= 15 is 0 Å². The van der Waals surface area contributed by atoms with Crippen LogP contribution in [0.2, 0.25) is 0 Å². The molecule has 0 bridgehead atoms. The Bertz CT molecular complexity index is 737. The van der Waals surface area contributed by atoms with Crippen molar-refractivity contribution in [3.8, 4) is 11.5 Å². The third-order valence-corrected chi connectivity index (χ3v) is 3.64. The van der Waals surface area contributed by atoms with Crippen molar-refractivity contribution in [3.05, 3.63) is 45.3 Å². The van der Waals surface area contributed by atoms with Gasteiger partial charge in [0.05, 0.1) is 18.9 Å². The Morgan fingerprint density at radius 1 is 1.41 bits per heavy atom. The van der Waals surface area contributed by atoms with Gasteiger partial charge >= 0.3 is 0 Å². The maximum absolute atomic E-state index is 12.0. The van der Waals surface area contributed by atoms with Crippen molar-refractivity contribution in [2.75, 3.05) is 7.11 Å². The van der Waals surface area contributed by atoms with Crippen LogP contribution in [-0.2, 0) is 0 Å². The highest BCUT2D eigenvalue weighted by molar-refractivity contribution is 9.10. The van der Waals surface area contributed by atoms with E-state index in [1.54, 1.807) is 26.0 Å². The van der Waals surface area contributed by atoms with Gasteiger partial charge < -0.3 is 14.3 Å². The lowest BCUT2D eigenvalue weighted by atomic mass is 10.2. The number of nitrogens with one attached hydrogen (secondary N) is 1. The number of phenolic OH excluding ortho intramolecular Hbond substituents is 1. The number of ether oxygens (including phenoxy) is 1. The number of aromatic hydroxyl groups is 1. The molecule has 0 aliphatic rings. The summed E-state index contributed by atoms with van der Waals surface area (Å²) in [5.74, 6) is 1.17. The zero-order chi connectivity index (χ0) is 16.3. The molecule has 22 heavy (non-hydrogen) atoms. The highest BCUT2D eigenvalue weighted by Gasteiger charge is 2.12. The number of nitrogens with zero attached hydrogens (tertiary/aromatic N) is 1. The maximum atomic E-state index is 12.0. The first-order chi connectivity index (χ1) is 10.4. The summed E-state index contributed by atoms with van der Waals surface area (Å²) in [5, 5.41) is 13.6. The van der Waals surface area contributed by atoms with Crippen molar-refractivity contribution >= 4 is 28.1 Å². The molecular weight excluding hydrogens is 352 g/mol. The molecule has 7 heteroatoms. The van der Waals surface area contributed by atoms with Crippen LogP contribution in [0.25, 0.3) is 0 Å². The molecule has 1 aromatic carbocycles. The number of carbonyl (C=O) groups excluding carboxylic acids is 1. The Morgan fingerprint density at radius 2 is 2.14 bits per heavy atom. The normalized spacial score (nSPS) is 10.9. The summed E-state index contributed by atoms with van der Waals surface area (Å²) in [6.45, 7) is 3.48. The fourth-order valence-corrected chi connectivity index (χ4v) is 2.32. The number of benzene rings is 1. The molecule has 1 aromatic heterocycles. The number of phenols is 1. The number of hydrazone groups is 1. The number of hydrogen-bond donors (Lipinski definition) is 2.